The zero-order valence-corrected chi connectivity index (χ0v) is 17.0. The molecule has 3 amide bonds. The van der Waals surface area contributed by atoms with Gasteiger partial charge in [0.05, 0.1) is 5.75 Å². The van der Waals surface area contributed by atoms with Crippen molar-refractivity contribution in [2.45, 2.75) is 24.9 Å². The van der Waals surface area contributed by atoms with E-state index in [1.54, 1.807) is 0 Å². The molecule has 11 nitrogen and oxygen atoms in total. The number of rotatable bonds is 14. The maximum Gasteiger partial charge on any atom is 0.322 e. The predicted molar refractivity (Wildman–Crippen MR) is 110 cm³/mol. The Kier molecular flexibility index (Phi) is 11.2. The maximum atomic E-state index is 12.2. The third kappa shape index (κ3) is 10.6. The molecule has 166 valence electrons. The number of nitrogens with two attached hydrogens (primary N) is 1. The van der Waals surface area contributed by atoms with E-state index in [2.05, 4.69) is 16.0 Å². The molecule has 0 aliphatic heterocycles. The molecular formula is C18H26N4O7S. The molecule has 2 atom stereocenters. The molecule has 1 rings (SSSR count). The van der Waals surface area contributed by atoms with Gasteiger partial charge >= 0.3 is 11.9 Å². The van der Waals surface area contributed by atoms with Crippen LogP contribution in [0.5, 0.6) is 0 Å². The Morgan fingerprint density at radius 2 is 1.70 bits per heavy atom. The average molecular weight is 442 g/mol. The van der Waals surface area contributed by atoms with Gasteiger partial charge in [0.1, 0.15) is 18.6 Å². The number of carboxylic acid groups (broad SMARTS) is 2. The molecule has 12 heteroatoms. The Morgan fingerprint density at radius 3 is 2.30 bits per heavy atom. The molecule has 0 saturated heterocycles. The first-order valence-electron chi connectivity index (χ1n) is 9.15. The summed E-state index contributed by atoms with van der Waals surface area (Å²) in [7, 11) is 0. The summed E-state index contributed by atoms with van der Waals surface area (Å²) in [5.41, 5.74) is 5.34. The van der Waals surface area contributed by atoms with E-state index in [1.807, 2.05) is 24.3 Å². The lowest BCUT2D eigenvalue weighted by molar-refractivity contribution is -0.139. The Morgan fingerprint density at radius 1 is 1.03 bits per heavy atom. The highest BCUT2D eigenvalue weighted by Gasteiger charge is 2.23. The lowest BCUT2D eigenvalue weighted by Gasteiger charge is -2.18. The quantitative estimate of drug-likeness (QED) is 0.185. The molecule has 0 bridgehead atoms. The Hall–Kier alpha value is -2.86. The standard InChI is InChI=1S/C18H26N4O7S/c19-12(18(28)29)5-6-14(23)22-13(17(27)21-8-16(25)26)9-30-10-15(24)20-7-11-3-1-2-4-11/h1-4,11-13H,5-10,19H2,(H,20,24)(H,21,27)(H,22,23)(H,25,26)(H,28,29)/t12-,13?/m0/s1. The van der Waals surface area contributed by atoms with Crippen molar-refractivity contribution in [1.82, 2.24) is 16.0 Å². The van der Waals surface area contributed by atoms with Gasteiger partial charge in [-0.05, 0) is 6.42 Å². The second-order valence-corrected chi connectivity index (χ2v) is 7.50. The van der Waals surface area contributed by atoms with Crippen molar-refractivity contribution < 1.29 is 34.2 Å². The van der Waals surface area contributed by atoms with Crippen LogP contribution in [0.1, 0.15) is 12.8 Å². The minimum absolute atomic E-state index is 0.0266. The molecule has 0 fully saturated rings. The van der Waals surface area contributed by atoms with E-state index in [0.717, 1.165) is 11.8 Å². The van der Waals surface area contributed by atoms with Gasteiger partial charge in [0.2, 0.25) is 17.7 Å². The summed E-state index contributed by atoms with van der Waals surface area (Å²) in [5, 5.41) is 24.8. The fraction of sp³-hybridized carbons (Fsp3) is 0.500. The zero-order valence-electron chi connectivity index (χ0n) is 16.2. The van der Waals surface area contributed by atoms with Crippen molar-refractivity contribution in [3.63, 3.8) is 0 Å². The maximum absolute atomic E-state index is 12.2. The predicted octanol–water partition coefficient (Wildman–Crippen LogP) is -1.54. The smallest absolute Gasteiger partial charge is 0.322 e. The number of amides is 3. The molecule has 1 unspecified atom stereocenters. The highest BCUT2D eigenvalue weighted by atomic mass is 32.2. The molecule has 0 saturated carbocycles. The van der Waals surface area contributed by atoms with Crippen molar-refractivity contribution in [3.8, 4) is 0 Å². The van der Waals surface area contributed by atoms with Crippen LogP contribution in [0.25, 0.3) is 0 Å². The third-order valence-corrected chi connectivity index (χ3v) is 4.98. The first kappa shape index (κ1) is 25.2. The number of carbonyl (C=O) groups is 5. The van der Waals surface area contributed by atoms with Crippen molar-refractivity contribution in [2.75, 3.05) is 24.6 Å². The molecule has 0 spiro atoms. The zero-order chi connectivity index (χ0) is 22.5. The molecule has 0 heterocycles. The lowest BCUT2D eigenvalue weighted by atomic mass is 10.1. The molecule has 0 aromatic carbocycles. The molecule has 0 radical (unpaired) electrons. The average Bonchev–Trinajstić information content (AvgIpc) is 3.21. The van der Waals surface area contributed by atoms with Crippen LogP contribution in [-0.4, -0.2) is 76.6 Å². The highest BCUT2D eigenvalue weighted by Crippen LogP contribution is 2.08. The van der Waals surface area contributed by atoms with Crippen molar-refractivity contribution in [3.05, 3.63) is 24.3 Å². The number of carboxylic acids is 2. The van der Waals surface area contributed by atoms with Crippen LogP contribution in [0.15, 0.2) is 24.3 Å². The molecule has 1 aliphatic carbocycles. The van der Waals surface area contributed by atoms with Gasteiger partial charge < -0.3 is 31.9 Å². The van der Waals surface area contributed by atoms with E-state index in [4.69, 9.17) is 15.9 Å². The van der Waals surface area contributed by atoms with Crippen LogP contribution in [0, 0.1) is 5.92 Å². The summed E-state index contributed by atoms with van der Waals surface area (Å²) < 4.78 is 0. The summed E-state index contributed by atoms with van der Waals surface area (Å²) in [6.45, 7) is -0.168. The van der Waals surface area contributed by atoms with E-state index in [0.29, 0.717) is 6.54 Å². The second kappa shape index (κ2) is 13.4. The highest BCUT2D eigenvalue weighted by molar-refractivity contribution is 8.00. The number of allylic oxidation sites excluding steroid dienone is 2. The van der Waals surface area contributed by atoms with Crippen molar-refractivity contribution >= 4 is 41.4 Å². The molecular weight excluding hydrogens is 416 g/mol. The number of nitrogens with one attached hydrogen (secondary N) is 3. The summed E-state index contributed by atoms with van der Waals surface area (Å²) >= 11 is 1.10. The number of thioether (sulfide) groups is 1. The van der Waals surface area contributed by atoms with Gasteiger partial charge in [-0.2, -0.15) is 0 Å². The first-order valence-corrected chi connectivity index (χ1v) is 10.3. The Labute approximate surface area is 177 Å². The fourth-order valence-electron chi connectivity index (χ4n) is 2.31. The van der Waals surface area contributed by atoms with Crippen LogP contribution in [-0.2, 0) is 24.0 Å². The van der Waals surface area contributed by atoms with Crippen LogP contribution < -0.4 is 21.7 Å². The fourth-order valence-corrected chi connectivity index (χ4v) is 3.19. The van der Waals surface area contributed by atoms with Gasteiger partial charge in [0.25, 0.3) is 0 Å². The summed E-state index contributed by atoms with van der Waals surface area (Å²) in [4.78, 5) is 57.4. The molecule has 1 aliphatic rings. The van der Waals surface area contributed by atoms with Gasteiger partial charge in [-0.25, -0.2) is 0 Å². The minimum Gasteiger partial charge on any atom is -0.480 e. The van der Waals surface area contributed by atoms with E-state index in [1.165, 1.54) is 0 Å². The van der Waals surface area contributed by atoms with Gasteiger partial charge in [-0.15, -0.1) is 11.8 Å². The second-order valence-electron chi connectivity index (χ2n) is 6.47. The van der Waals surface area contributed by atoms with Crippen LogP contribution >= 0.6 is 11.8 Å². The van der Waals surface area contributed by atoms with Gasteiger partial charge in [0.15, 0.2) is 0 Å². The van der Waals surface area contributed by atoms with Gasteiger partial charge in [-0.3, -0.25) is 24.0 Å². The summed E-state index contributed by atoms with van der Waals surface area (Å²) in [6.07, 6.45) is 7.33. The largest absolute Gasteiger partial charge is 0.480 e. The van der Waals surface area contributed by atoms with E-state index < -0.39 is 42.4 Å². The van der Waals surface area contributed by atoms with Crippen LogP contribution in [0.2, 0.25) is 0 Å². The Balaban J connectivity index is 2.48. The normalized spacial score (nSPS) is 14.7. The van der Waals surface area contributed by atoms with Crippen LogP contribution in [0.4, 0.5) is 0 Å². The lowest BCUT2D eigenvalue weighted by Crippen LogP contribution is -2.49. The van der Waals surface area contributed by atoms with Crippen molar-refractivity contribution in [2.24, 2.45) is 11.7 Å². The van der Waals surface area contributed by atoms with Crippen molar-refractivity contribution in [1.29, 1.82) is 0 Å². The Bertz CT molecular complexity index is 699. The summed E-state index contributed by atoms with van der Waals surface area (Å²) in [5.74, 6) is -3.84. The monoisotopic (exact) mass is 442 g/mol. The number of carbonyl (C=O) groups excluding carboxylic acids is 3. The van der Waals surface area contributed by atoms with Gasteiger partial charge in [-0.1, -0.05) is 24.3 Å². The molecule has 30 heavy (non-hydrogen) atoms. The molecule has 0 aromatic rings. The number of hydrogen-bond acceptors (Lipinski definition) is 7. The van der Waals surface area contributed by atoms with Crippen LogP contribution in [0.3, 0.4) is 0 Å². The summed E-state index contributed by atoms with van der Waals surface area (Å²) in [6, 6.07) is -2.30. The van der Waals surface area contributed by atoms with E-state index in [-0.39, 0.29) is 36.2 Å². The van der Waals surface area contributed by atoms with E-state index >= 15 is 0 Å². The first-order chi connectivity index (χ1) is 14.2. The minimum atomic E-state index is -1.25. The molecule has 0 aromatic heterocycles. The SMILES string of the molecule is N[C@@H](CCC(=O)NC(CSCC(=O)NCC1C=CC=C1)C(=O)NCC(=O)O)C(=O)O. The van der Waals surface area contributed by atoms with E-state index in [9.17, 15) is 24.0 Å². The number of aliphatic carboxylic acids is 2. The third-order valence-electron chi connectivity index (χ3n) is 3.95. The topological polar surface area (TPSA) is 188 Å². The molecule has 7 N–H and O–H groups in total. The number of hydrogen-bond donors (Lipinski definition) is 6. The van der Waals surface area contributed by atoms with Gasteiger partial charge in [0, 0.05) is 24.6 Å².